The summed E-state index contributed by atoms with van der Waals surface area (Å²) in [6.45, 7) is 2.98. The molecule has 1 unspecified atom stereocenters. The molecule has 2 aliphatic heterocycles. The number of rotatable bonds is 5. The van der Waals surface area contributed by atoms with Crippen LogP contribution in [0.15, 0.2) is 23.4 Å². The molecule has 152 valence electrons. The number of hydrogen-bond acceptors (Lipinski definition) is 7. The number of thioether (sulfide) groups is 1. The maximum Gasteiger partial charge on any atom is 0.311 e. The van der Waals surface area contributed by atoms with Gasteiger partial charge in [-0.1, -0.05) is 0 Å². The molecule has 3 heterocycles. The van der Waals surface area contributed by atoms with Crippen molar-refractivity contribution in [3.63, 3.8) is 0 Å². The molecule has 1 spiro atoms. The lowest BCUT2D eigenvalue weighted by Gasteiger charge is -2.45. The molecule has 2 saturated heterocycles. The molecule has 28 heavy (non-hydrogen) atoms. The molecule has 3 rings (SSSR count). The van der Waals surface area contributed by atoms with E-state index in [0.29, 0.717) is 43.1 Å². The van der Waals surface area contributed by atoms with Crippen LogP contribution in [0.5, 0.6) is 0 Å². The van der Waals surface area contributed by atoms with Crippen molar-refractivity contribution in [2.75, 3.05) is 33.1 Å². The number of pyridine rings is 1. The molecule has 1 aromatic heterocycles. The number of likely N-dealkylation sites (tertiary alicyclic amines) is 1. The second kappa shape index (κ2) is 8.48. The molecule has 2 fully saturated rings. The van der Waals surface area contributed by atoms with Gasteiger partial charge >= 0.3 is 5.97 Å². The summed E-state index contributed by atoms with van der Waals surface area (Å²) in [5.41, 5.74) is -0.200. The topological polar surface area (TPSA) is 89.0 Å². The Morgan fingerprint density at radius 2 is 2.07 bits per heavy atom. The molecule has 0 radical (unpaired) electrons. The van der Waals surface area contributed by atoms with Gasteiger partial charge in [0.05, 0.1) is 30.7 Å². The first-order valence-electron chi connectivity index (χ1n) is 9.30. The zero-order chi connectivity index (χ0) is 20.3. The zero-order valence-corrected chi connectivity index (χ0v) is 17.2. The third-order valence-corrected chi connectivity index (χ3v) is 6.23. The van der Waals surface area contributed by atoms with Crippen molar-refractivity contribution in [1.82, 2.24) is 14.9 Å². The minimum atomic E-state index is -0.770. The third-order valence-electron chi connectivity index (χ3n) is 5.51. The minimum Gasteiger partial charge on any atom is -0.469 e. The molecule has 2 amide bonds. The first-order chi connectivity index (χ1) is 13.5. The summed E-state index contributed by atoms with van der Waals surface area (Å²) in [7, 11) is 1.33. The highest BCUT2D eigenvalue weighted by Gasteiger charge is 2.58. The number of esters is 1. The Morgan fingerprint density at radius 3 is 2.68 bits per heavy atom. The Hall–Kier alpha value is -2.13. The van der Waals surface area contributed by atoms with E-state index in [9.17, 15) is 14.4 Å². The number of carbonyl (C=O) groups is 3. The fraction of sp³-hybridized carbons (Fsp3) is 0.579. The number of aromatic nitrogens is 1. The van der Waals surface area contributed by atoms with E-state index in [1.54, 1.807) is 30.2 Å². The van der Waals surface area contributed by atoms with E-state index in [2.05, 4.69) is 4.98 Å². The van der Waals surface area contributed by atoms with Gasteiger partial charge in [0.15, 0.2) is 0 Å². The van der Waals surface area contributed by atoms with Crippen LogP contribution < -0.4 is 0 Å². The van der Waals surface area contributed by atoms with E-state index < -0.39 is 17.4 Å². The predicted octanol–water partition coefficient (Wildman–Crippen LogP) is 1.75. The van der Waals surface area contributed by atoms with Crippen LogP contribution in [0.1, 0.15) is 36.5 Å². The van der Waals surface area contributed by atoms with E-state index in [4.69, 9.17) is 9.57 Å². The number of ether oxygens (including phenoxy) is 1. The summed E-state index contributed by atoms with van der Waals surface area (Å²) in [6.07, 6.45) is 4.53. The van der Waals surface area contributed by atoms with Crippen LogP contribution in [-0.2, 0) is 19.2 Å². The van der Waals surface area contributed by atoms with Crippen LogP contribution in [0.25, 0.3) is 0 Å². The molecule has 0 saturated carbocycles. The van der Waals surface area contributed by atoms with Gasteiger partial charge in [0.25, 0.3) is 5.91 Å². The van der Waals surface area contributed by atoms with Gasteiger partial charge in [-0.05, 0) is 38.2 Å². The number of nitrogens with zero attached hydrogens (tertiary/aromatic N) is 3. The Balaban J connectivity index is 1.82. The van der Waals surface area contributed by atoms with Crippen LogP contribution >= 0.6 is 11.8 Å². The summed E-state index contributed by atoms with van der Waals surface area (Å²) in [4.78, 5) is 49.5. The lowest BCUT2D eigenvalue weighted by molar-refractivity contribution is -0.220. The SMILES string of the molecule is CCON1C(=O)CC(C(=O)OC)C12CCN(C(=O)c1cccnc1SC)CC2. The molecule has 0 N–H and O–H groups in total. The normalized spacial score (nSPS) is 21.2. The van der Waals surface area contributed by atoms with Crippen LogP contribution in [0, 0.1) is 5.92 Å². The number of piperidine rings is 1. The van der Waals surface area contributed by atoms with Gasteiger partial charge in [0, 0.05) is 25.7 Å². The van der Waals surface area contributed by atoms with Crippen LogP contribution in [0.4, 0.5) is 0 Å². The quantitative estimate of drug-likeness (QED) is 0.543. The first kappa shape index (κ1) is 20.6. The minimum absolute atomic E-state index is 0.0693. The number of amides is 2. The summed E-state index contributed by atoms with van der Waals surface area (Å²) in [5, 5.41) is 2.06. The first-order valence-corrected chi connectivity index (χ1v) is 10.5. The standard InChI is InChI=1S/C19H25N3O5S/c1-4-27-22-15(23)12-14(18(25)26-2)19(22)7-10-21(11-8-19)17(24)13-6-5-9-20-16(13)28-3/h5-6,9,14H,4,7-8,10-12H2,1-3H3. The highest BCUT2D eigenvalue weighted by molar-refractivity contribution is 7.98. The molecular weight excluding hydrogens is 382 g/mol. The van der Waals surface area contributed by atoms with E-state index >= 15 is 0 Å². The van der Waals surface area contributed by atoms with Crippen LogP contribution in [-0.4, -0.2) is 71.3 Å². The van der Waals surface area contributed by atoms with Gasteiger partial charge < -0.3 is 9.64 Å². The lowest BCUT2D eigenvalue weighted by atomic mass is 9.77. The monoisotopic (exact) mass is 407 g/mol. The Morgan fingerprint density at radius 1 is 1.36 bits per heavy atom. The van der Waals surface area contributed by atoms with Gasteiger partial charge in [0.2, 0.25) is 5.91 Å². The zero-order valence-electron chi connectivity index (χ0n) is 16.3. The molecule has 1 aromatic rings. The van der Waals surface area contributed by atoms with Crippen molar-refractivity contribution in [2.24, 2.45) is 5.92 Å². The summed E-state index contributed by atoms with van der Waals surface area (Å²) in [6, 6.07) is 3.52. The van der Waals surface area contributed by atoms with Gasteiger partial charge in [0.1, 0.15) is 5.03 Å². The van der Waals surface area contributed by atoms with Crippen LogP contribution in [0.2, 0.25) is 0 Å². The third kappa shape index (κ3) is 3.48. The second-order valence-corrected chi connectivity index (χ2v) is 7.64. The van der Waals surface area contributed by atoms with Crippen molar-refractivity contribution in [3.05, 3.63) is 23.9 Å². The highest BCUT2D eigenvalue weighted by atomic mass is 32.2. The summed E-state index contributed by atoms with van der Waals surface area (Å²) < 4.78 is 4.95. The van der Waals surface area contributed by atoms with Crippen molar-refractivity contribution in [1.29, 1.82) is 0 Å². The Labute approximate surface area is 168 Å². The molecule has 8 nitrogen and oxygen atoms in total. The fourth-order valence-electron chi connectivity index (χ4n) is 4.15. The molecule has 0 aromatic carbocycles. The number of methoxy groups -OCH3 is 1. The van der Waals surface area contributed by atoms with E-state index in [0.717, 1.165) is 0 Å². The number of hydrogen-bond donors (Lipinski definition) is 0. The average Bonchev–Trinajstić information content (AvgIpc) is 2.99. The predicted molar refractivity (Wildman–Crippen MR) is 102 cm³/mol. The fourth-order valence-corrected chi connectivity index (χ4v) is 4.69. The molecule has 2 aliphatic rings. The highest BCUT2D eigenvalue weighted by Crippen LogP contribution is 2.44. The Kier molecular flexibility index (Phi) is 6.24. The average molecular weight is 407 g/mol. The molecule has 0 bridgehead atoms. The van der Waals surface area contributed by atoms with E-state index in [-0.39, 0.29) is 18.2 Å². The number of carbonyl (C=O) groups excluding carboxylic acids is 3. The van der Waals surface area contributed by atoms with Crippen LogP contribution in [0.3, 0.4) is 0 Å². The maximum absolute atomic E-state index is 13.0. The lowest BCUT2D eigenvalue weighted by Crippen LogP contribution is -2.58. The molecule has 9 heteroatoms. The molecule has 0 aliphatic carbocycles. The van der Waals surface area contributed by atoms with Crippen molar-refractivity contribution in [3.8, 4) is 0 Å². The second-order valence-electron chi connectivity index (χ2n) is 6.84. The smallest absolute Gasteiger partial charge is 0.311 e. The molecular formula is C19H25N3O5S. The number of hydroxylamine groups is 2. The summed E-state index contributed by atoms with van der Waals surface area (Å²) in [5.74, 6) is -1.30. The van der Waals surface area contributed by atoms with Crippen molar-refractivity contribution >= 4 is 29.5 Å². The van der Waals surface area contributed by atoms with Gasteiger partial charge in [-0.2, -0.15) is 0 Å². The molecule has 1 atom stereocenters. The van der Waals surface area contributed by atoms with E-state index in [1.165, 1.54) is 23.9 Å². The summed E-state index contributed by atoms with van der Waals surface area (Å²) >= 11 is 1.43. The Bertz CT molecular complexity index is 764. The van der Waals surface area contributed by atoms with E-state index in [1.807, 2.05) is 6.26 Å². The van der Waals surface area contributed by atoms with Crippen molar-refractivity contribution in [2.45, 2.75) is 36.8 Å². The van der Waals surface area contributed by atoms with Gasteiger partial charge in [-0.25, -0.2) is 10.0 Å². The maximum atomic E-state index is 13.0. The van der Waals surface area contributed by atoms with Crippen molar-refractivity contribution < 1.29 is 24.0 Å². The largest absolute Gasteiger partial charge is 0.469 e. The van der Waals surface area contributed by atoms with Gasteiger partial charge in [-0.15, -0.1) is 11.8 Å². The van der Waals surface area contributed by atoms with Gasteiger partial charge in [-0.3, -0.25) is 19.2 Å².